The number of anilines is 2. The highest BCUT2D eigenvalue weighted by Crippen LogP contribution is 2.35. The smallest absolute Gasteiger partial charge is 0.234 e. The third-order valence-electron chi connectivity index (χ3n) is 5.42. The van der Waals surface area contributed by atoms with Crippen molar-refractivity contribution >= 4 is 50.2 Å². The van der Waals surface area contributed by atoms with E-state index in [0.717, 1.165) is 56.8 Å². The van der Waals surface area contributed by atoms with Gasteiger partial charge in [0.05, 0.1) is 5.75 Å². The number of thiazole rings is 1. The van der Waals surface area contributed by atoms with Crippen LogP contribution in [0, 0.1) is 12.8 Å². The van der Waals surface area contributed by atoms with Crippen LogP contribution in [0.25, 0.3) is 10.3 Å². The Bertz CT molecular complexity index is 1050. The van der Waals surface area contributed by atoms with Crippen molar-refractivity contribution in [1.82, 2.24) is 15.0 Å². The largest absolute Gasteiger partial charge is 0.348 e. The van der Waals surface area contributed by atoms with Crippen LogP contribution < -0.4 is 10.2 Å². The average molecular weight is 442 g/mol. The van der Waals surface area contributed by atoms with Crippen molar-refractivity contribution in [2.24, 2.45) is 5.92 Å². The summed E-state index contributed by atoms with van der Waals surface area (Å²) in [6, 6.07) is 6.11. The van der Waals surface area contributed by atoms with Gasteiger partial charge in [0.1, 0.15) is 16.1 Å². The van der Waals surface area contributed by atoms with Gasteiger partial charge in [0.25, 0.3) is 0 Å². The van der Waals surface area contributed by atoms with Crippen LogP contribution in [0.2, 0.25) is 0 Å². The summed E-state index contributed by atoms with van der Waals surface area (Å²) in [4.78, 5) is 28.5. The van der Waals surface area contributed by atoms with Crippen molar-refractivity contribution in [3.8, 4) is 0 Å². The van der Waals surface area contributed by atoms with Crippen LogP contribution in [0.15, 0.2) is 29.6 Å². The standard InChI is InChI=1S/C22H27N5OS2/c1-4-16-9-5-8-15(3)18(16)25-17(28)12-29-21-19-20(23-13-24-21)26-22(30-19)27-10-6-7-14(2)11-27/h5,8-9,13-14H,4,6-7,10-12H2,1-3H3,(H,25,28)/t14-/m0/s1. The number of para-hydroxylation sites is 1. The second-order valence-electron chi connectivity index (χ2n) is 7.82. The highest BCUT2D eigenvalue weighted by molar-refractivity contribution is 8.00. The average Bonchev–Trinajstić information content (AvgIpc) is 3.19. The lowest BCUT2D eigenvalue weighted by Gasteiger charge is -2.30. The number of hydrogen-bond acceptors (Lipinski definition) is 7. The van der Waals surface area contributed by atoms with Gasteiger partial charge in [0.2, 0.25) is 5.91 Å². The van der Waals surface area contributed by atoms with Crippen LogP contribution in [-0.2, 0) is 11.2 Å². The maximum absolute atomic E-state index is 12.6. The molecular formula is C22H27N5OS2. The molecule has 1 aliphatic heterocycles. The first-order valence-corrected chi connectivity index (χ1v) is 12.2. The Hall–Kier alpha value is -2.19. The van der Waals surface area contributed by atoms with Crippen molar-refractivity contribution < 1.29 is 4.79 Å². The molecule has 6 nitrogen and oxygen atoms in total. The van der Waals surface area contributed by atoms with E-state index in [4.69, 9.17) is 4.98 Å². The second kappa shape index (κ2) is 9.31. The number of amides is 1. The van der Waals surface area contributed by atoms with Gasteiger partial charge in [-0.2, -0.15) is 4.98 Å². The Morgan fingerprint density at radius 1 is 1.37 bits per heavy atom. The minimum absolute atomic E-state index is 0.0228. The van der Waals surface area contributed by atoms with E-state index in [1.54, 1.807) is 17.7 Å². The van der Waals surface area contributed by atoms with E-state index in [9.17, 15) is 4.79 Å². The van der Waals surface area contributed by atoms with Crippen LogP contribution >= 0.6 is 23.1 Å². The number of carbonyl (C=O) groups excluding carboxylic acids is 1. The lowest BCUT2D eigenvalue weighted by Crippen LogP contribution is -2.34. The predicted molar refractivity (Wildman–Crippen MR) is 126 cm³/mol. The summed E-state index contributed by atoms with van der Waals surface area (Å²) in [6.07, 6.45) is 4.90. The van der Waals surface area contributed by atoms with Crippen LogP contribution in [-0.4, -0.2) is 39.7 Å². The maximum Gasteiger partial charge on any atom is 0.234 e. The SMILES string of the molecule is CCc1cccc(C)c1NC(=O)CSc1ncnc2nc(N3CCC[C@H](C)C3)sc12. The zero-order valence-electron chi connectivity index (χ0n) is 17.6. The Morgan fingerprint density at radius 2 is 2.23 bits per heavy atom. The molecule has 0 unspecified atom stereocenters. The van der Waals surface area contributed by atoms with Gasteiger partial charge in [-0.05, 0) is 43.2 Å². The van der Waals surface area contributed by atoms with Crippen LogP contribution in [0.3, 0.4) is 0 Å². The van der Waals surface area contributed by atoms with Crippen molar-refractivity contribution in [3.05, 3.63) is 35.7 Å². The van der Waals surface area contributed by atoms with Gasteiger partial charge in [0, 0.05) is 18.8 Å². The normalized spacial score (nSPS) is 16.8. The Kier molecular flexibility index (Phi) is 6.53. The molecule has 1 atom stereocenters. The Balaban J connectivity index is 1.47. The first-order chi connectivity index (χ1) is 14.5. The minimum atomic E-state index is -0.0228. The molecule has 1 aromatic carbocycles. The molecule has 4 rings (SSSR count). The van der Waals surface area contributed by atoms with Crippen LogP contribution in [0.4, 0.5) is 10.8 Å². The number of carbonyl (C=O) groups is 1. The van der Waals surface area contributed by atoms with Crippen molar-refractivity contribution in [3.63, 3.8) is 0 Å². The highest BCUT2D eigenvalue weighted by atomic mass is 32.2. The molecule has 0 bridgehead atoms. The topological polar surface area (TPSA) is 71.0 Å². The van der Waals surface area contributed by atoms with Crippen LogP contribution in [0.5, 0.6) is 0 Å². The fourth-order valence-electron chi connectivity index (χ4n) is 3.84. The second-order valence-corrected chi connectivity index (χ2v) is 9.76. The maximum atomic E-state index is 12.6. The summed E-state index contributed by atoms with van der Waals surface area (Å²) in [5.41, 5.74) is 3.89. The number of nitrogens with one attached hydrogen (secondary N) is 1. The van der Waals surface area contributed by atoms with Crippen molar-refractivity contribution in [2.75, 3.05) is 29.1 Å². The fraction of sp³-hybridized carbons (Fsp3) is 0.455. The van der Waals surface area contributed by atoms with Gasteiger partial charge in [-0.3, -0.25) is 4.79 Å². The molecule has 3 heterocycles. The summed E-state index contributed by atoms with van der Waals surface area (Å²) in [5.74, 6) is 0.964. The number of benzene rings is 1. The highest BCUT2D eigenvalue weighted by Gasteiger charge is 2.21. The minimum Gasteiger partial charge on any atom is -0.348 e. The first kappa shape index (κ1) is 21.1. The zero-order chi connectivity index (χ0) is 21.1. The molecule has 30 heavy (non-hydrogen) atoms. The summed E-state index contributed by atoms with van der Waals surface area (Å²) in [5, 5.41) is 4.92. The molecule has 1 saturated heterocycles. The Morgan fingerprint density at radius 3 is 3.03 bits per heavy atom. The van der Waals surface area contributed by atoms with Crippen molar-refractivity contribution in [1.29, 1.82) is 0 Å². The summed E-state index contributed by atoms with van der Waals surface area (Å²) in [7, 11) is 0. The van der Waals surface area contributed by atoms with Gasteiger partial charge in [0.15, 0.2) is 10.8 Å². The first-order valence-electron chi connectivity index (χ1n) is 10.4. The third kappa shape index (κ3) is 4.59. The molecule has 8 heteroatoms. The molecule has 158 valence electrons. The number of piperidine rings is 1. The lowest BCUT2D eigenvalue weighted by atomic mass is 10.0. The van der Waals surface area contributed by atoms with E-state index >= 15 is 0 Å². The predicted octanol–water partition coefficient (Wildman–Crippen LogP) is 4.92. The van der Waals surface area contributed by atoms with E-state index in [1.165, 1.54) is 24.6 Å². The molecule has 0 saturated carbocycles. The molecular weight excluding hydrogens is 414 g/mol. The van der Waals surface area contributed by atoms with Gasteiger partial charge in [-0.15, -0.1) is 0 Å². The van der Waals surface area contributed by atoms with Gasteiger partial charge >= 0.3 is 0 Å². The molecule has 1 fully saturated rings. The zero-order valence-corrected chi connectivity index (χ0v) is 19.3. The van der Waals surface area contributed by atoms with E-state index < -0.39 is 0 Å². The molecule has 1 amide bonds. The molecule has 2 aromatic heterocycles. The van der Waals surface area contributed by atoms with Crippen molar-refractivity contribution in [2.45, 2.75) is 45.1 Å². The van der Waals surface area contributed by atoms with E-state index in [-0.39, 0.29) is 5.91 Å². The van der Waals surface area contributed by atoms with E-state index in [0.29, 0.717) is 11.7 Å². The molecule has 0 aliphatic carbocycles. The number of aryl methyl sites for hydroxylation is 2. The Labute approximate surface area is 185 Å². The monoisotopic (exact) mass is 441 g/mol. The lowest BCUT2D eigenvalue weighted by molar-refractivity contribution is -0.113. The number of aromatic nitrogens is 3. The van der Waals surface area contributed by atoms with E-state index in [1.807, 2.05) is 19.1 Å². The summed E-state index contributed by atoms with van der Waals surface area (Å²) < 4.78 is 0.966. The molecule has 1 aliphatic rings. The molecule has 0 radical (unpaired) electrons. The molecule has 1 N–H and O–H groups in total. The summed E-state index contributed by atoms with van der Waals surface area (Å²) in [6.45, 7) is 8.49. The quantitative estimate of drug-likeness (QED) is 0.432. The number of nitrogens with zero attached hydrogens (tertiary/aromatic N) is 4. The molecule has 0 spiro atoms. The van der Waals surface area contributed by atoms with Crippen LogP contribution in [0.1, 0.15) is 37.8 Å². The van der Waals surface area contributed by atoms with Gasteiger partial charge in [-0.25, -0.2) is 9.97 Å². The number of thioether (sulfide) groups is 1. The van der Waals surface area contributed by atoms with Gasteiger partial charge < -0.3 is 10.2 Å². The summed E-state index contributed by atoms with van der Waals surface area (Å²) >= 11 is 3.08. The van der Waals surface area contributed by atoms with Gasteiger partial charge in [-0.1, -0.05) is 55.1 Å². The fourth-order valence-corrected chi connectivity index (χ4v) is 5.76. The number of rotatable bonds is 6. The van der Waals surface area contributed by atoms with E-state index in [2.05, 4.69) is 40.1 Å². The third-order valence-corrected chi connectivity index (χ3v) is 7.65. The number of fused-ring (bicyclic) bond motifs is 1. The number of hydrogen-bond donors (Lipinski definition) is 1. The molecule has 3 aromatic rings.